The summed E-state index contributed by atoms with van der Waals surface area (Å²) in [7, 11) is -2.87. The molecule has 0 radical (unpaired) electrons. The van der Waals surface area contributed by atoms with Crippen molar-refractivity contribution in [1.82, 2.24) is 24.1 Å². The van der Waals surface area contributed by atoms with Gasteiger partial charge in [-0.1, -0.05) is 0 Å². The van der Waals surface area contributed by atoms with Gasteiger partial charge in [-0.15, -0.1) is 11.3 Å². The fourth-order valence-electron chi connectivity index (χ4n) is 5.16. The number of fused-ring (bicyclic) bond motifs is 1. The van der Waals surface area contributed by atoms with E-state index in [1.165, 1.54) is 11.3 Å². The molecule has 1 atom stereocenters. The quantitative estimate of drug-likeness (QED) is 0.622. The fourth-order valence-corrected chi connectivity index (χ4v) is 7.66. The number of piperidine rings is 1. The van der Waals surface area contributed by atoms with Crippen LogP contribution in [0, 0.1) is 5.92 Å². The number of carbonyl (C=O) groups is 1. The lowest BCUT2D eigenvalue weighted by Gasteiger charge is -2.39. The van der Waals surface area contributed by atoms with Crippen LogP contribution in [0.4, 0.5) is 0 Å². The Morgan fingerprint density at radius 1 is 1.09 bits per heavy atom. The smallest absolute Gasteiger partial charge is 0.258 e. The highest BCUT2D eigenvalue weighted by molar-refractivity contribution is 7.91. The highest BCUT2D eigenvalue weighted by atomic mass is 32.2. The number of carbonyl (C=O) groups excluding carboxylic acids is 1. The van der Waals surface area contributed by atoms with Gasteiger partial charge in [0.25, 0.3) is 5.56 Å². The maximum absolute atomic E-state index is 13.0. The summed E-state index contributed by atoms with van der Waals surface area (Å²) in [5.74, 6) is 0.847. The minimum atomic E-state index is -2.87. The first kappa shape index (κ1) is 22.0. The molecule has 0 aromatic carbocycles. The molecule has 0 saturated carbocycles. The largest absolute Gasteiger partial charge is 0.340 e. The number of hydrogen-bond donors (Lipinski definition) is 0. The van der Waals surface area contributed by atoms with Gasteiger partial charge in [0.15, 0.2) is 14.8 Å². The zero-order valence-corrected chi connectivity index (χ0v) is 19.7. The molecule has 0 aliphatic carbocycles. The van der Waals surface area contributed by atoms with Crippen molar-refractivity contribution in [3.8, 4) is 0 Å². The lowest BCUT2D eigenvalue weighted by atomic mass is 9.94. The van der Waals surface area contributed by atoms with E-state index in [9.17, 15) is 18.0 Å². The first-order chi connectivity index (χ1) is 15.4. The number of sulfone groups is 1. The monoisotopic (exact) mass is 479 g/mol. The van der Waals surface area contributed by atoms with E-state index in [0.29, 0.717) is 30.3 Å². The van der Waals surface area contributed by atoms with Crippen LogP contribution in [0.2, 0.25) is 0 Å². The van der Waals surface area contributed by atoms with Crippen molar-refractivity contribution in [2.45, 2.75) is 31.8 Å². The summed E-state index contributed by atoms with van der Waals surface area (Å²) in [4.78, 5) is 37.0. The van der Waals surface area contributed by atoms with Crippen molar-refractivity contribution in [1.29, 1.82) is 0 Å². The van der Waals surface area contributed by atoms with Crippen molar-refractivity contribution < 1.29 is 13.2 Å². The molecule has 174 valence electrons. The maximum Gasteiger partial charge on any atom is 0.258 e. The van der Waals surface area contributed by atoms with Gasteiger partial charge in [0.2, 0.25) is 5.91 Å². The predicted octanol–water partition coefficient (Wildman–Crippen LogP) is 0.299. The average molecular weight is 480 g/mol. The Morgan fingerprint density at radius 2 is 1.84 bits per heavy atom. The molecule has 5 heterocycles. The Labute approximate surface area is 191 Å². The fraction of sp³-hybridized carbons (Fsp3) is 0.667. The summed E-state index contributed by atoms with van der Waals surface area (Å²) in [6, 6.07) is 1.73. The molecule has 0 bridgehead atoms. The second kappa shape index (κ2) is 8.85. The van der Waals surface area contributed by atoms with Gasteiger partial charge in [0.05, 0.1) is 17.2 Å². The Kier molecular flexibility index (Phi) is 6.08. The molecular weight excluding hydrogens is 450 g/mol. The molecule has 11 heteroatoms. The lowest BCUT2D eigenvalue weighted by molar-refractivity contribution is -0.139. The molecular formula is C21H29N5O4S2. The summed E-state index contributed by atoms with van der Waals surface area (Å²) in [5, 5.41) is 1.86. The zero-order chi connectivity index (χ0) is 22.3. The van der Waals surface area contributed by atoms with E-state index in [1.807, 2.05) is 10.3 Å². The van der Waals surface area contributed by atoms with Gasteiger partial charge < -0.3 is 4.90 Å². The predicted molar refractivity (Wildman–Crippen MR) is 123 cm³/mol. The minimum Gasteiger partial charge on any atom is -0.340 e. The molecule has 0 spiro atoms. The highest BCUT2D eigenvalue weighted by Gasteiger charge is 2.36. The molecule has 3 fully saturated rings. The summed E-state index contributed by atoms with van der Waals surface area (Å²) in [6.45, 7) is 5.17. The number of likely N-dealkylation sites (tertiary alicyclic amines) is 1. The normalized spacial score (nSPS) is 25.5. The van der Waals surface area contributed by atoms with Gasteiger partial charge in [0, 0.05) is 62.3 Å². The van der Waals surface area contributed by atoms with Crippen molar-refractivity contribution in [3.05, 3.63) is 33.7 Å². The van der Waals surface area contributed by atoms with Crippen LogP contribution < -0.4 is 5.56 Å². The topological polar surface area (TPSA) is 95.3 Å². The lowest BCUT2D eigenvalue weighted by Crippen LogP contribution is -2.52. The average Bonchev–Trinajstić information content (AvgIpc) is 3.40. The van der Waals surface area contributed by atoms with Crippen LogP contribution in [0.15, 0.2) is 22.4 Å². The third kappa shape index (κ3) is 4.61. The molecule has 5 rings (SSSR count). The summed E-state index contributed by atoms with van der Waals surface area (Å²) in [5.41, 5.74) is 0.722. The van der Waals surface area contributed by atoms with E-state index in [2.05, 4.69) is 14.8 Å². The van der Waals surface area contributed by atoms with Gasteiger partial charge >= 0.3 is 0 Å². The van der Waals surface area contributed by atoms with E-state index < -0.39 is 9.84 Å². The molecule has 2 aromatic rings. The molecule has 9 nitrogen and oxygen atoms in total. The Balaban J connectivity index is 1.10. The number of piperazine rings is 1. The maximum atomic E-state index is 13.0. The molecule has 3 saturated heterocycles. The summed E-state index contributed by atoms with van der Waals surface area (Å²) in [6.07, 6.45) is 4.09. The number of nitrogens with zero attached hydrogens (tertiary/aromatic N) is 5. The van der Waals surface area contributed by atoms with Crippen LogP contribution >= 0.6 is 11.3 Å². The van der Waals surface area contributed by atoms with Crippen LogP contribution in [-0.4, -0.2) is 95.2 Å². The van der Waals surface area contributed by atoms with Crippen LogP contribution in [0.1, 0.15) is 25.0 Å². The number of thiazole rings is 1. The van der Waals surface area contributed by atoms with Crippen LogP contribution in [0.5, 0.6) is 0 Å². The zero-order valence-electron chi connectivity index (χ0n) is 18.1. The molecule has 0 N–H and O–H groups in total. The minimum absolute atomic E-state index is 0.0405. The summed E-state index contributed by atoms with van der Waals surface area (Å²) < 4.78 is 25.1. The van der Waals surface area contributed by atoms with Crippen molar-refractivity contribution in [3.63, 3.8) is 0 Å². The molecule has 2 aromatic heterocycles. The Bertz CT molecular complexity index is 1140. The van der Waals surface area contributed by atoms with E-state index in [4.69, 9.17) is 0 Å². The van der Waals surface area contributed by atoms with Crippen LogP contribution in [-0.2, 0) is 21.2 Å². The second-order valence-electron chi connectivity index (χ2n) is 9.11. The number of aromatic nitrogens is 2. The third-order valence-corrected chi connectivity index (χ3v) is 9.54. The highest BCUT2D eigenvalue weighted by Crippen LogP contribution is 2.26. The first-order valence-corrected chi connectivity index (χ1v) is 14.0. The van der Waals surface area contributed by atoms with Crippen molar-refractivity contribution in [2.24, 2.45) is 5.92 Å². The number of hydrogen-bond acceptors (Lipinski definition) is 8. The van der Waals surface area contributed by atoms with Crippen molar-refractivity contribution in [2.75, 3.05) is 50.8 Å². The standard InChI is InChI=1S/C21H29N5O4S2/c27-19-13-17(22-21-26(19)10-11-31-21)14-23-6-8-25(9-7-23)20(28)16-1-4-24(5-2-16)18-3-12-32(29,30)15-18/h10-11,13,16,18H,1-9,12,14-15H2. The van der Waals surface area contributed by atoms with Gasteiger partial charge in [-0.25, -0.2) is 13.4 Å². The van der Waals surface area contributed by atoms with E-state index in [1.54, 1.807) is 16.7 Å². The van der Waals surface area contributed by atoms with Gasteiger partial charge in [-0.2, -0.15) is 0 Å². The first-order valence-electron chi connectivity index (χ1n) is 11.3. The summed E-state index contributed by atoms with van der Waals surface area (Å²) >= 11 is 1.45. The molecule has 1 unspecified atom stereocenters. The number of rotatable bonds is 4. The SMILES string of the molecule is O=C(C1CCN(C2CCS(=O)(=O)C2)CC1)N1CCN(Cc2cc(=O)n3ccsc3n2)CC1. The Morgan fingerprint density at radius 3 is 2.53 bits per heavy atom. The van der Waals surface area contributed by atoms with E-state index >= 15 is 0 Å². The van der Waals surface area contributed by atoms with Crippen LogP contribution in [0.25, 0.3) is 4.96 Å². The molecule has 3 aliphatic rings. The third-order valence-electron chi connectivity index (χ3n) is 7.03. The van der Waals surface area contributed by atoms with Gasteiger partial charge in [-0.05, 0) is 32.4 Å². The molecule has 32 heavy (non-hydrogen) atoms. The van der Waals surface area contributed by atoms with E-state index in [0.717, 1.165) is 51.1 Å². The van der Waals surface area contributed by atoms with Crippen molar-refractivity contribution >= 4 is 32.0 Å². The molecule has 1 amide bonds. The van der Waals surface area contributed by atoms with Gasteiger partial charge in [-0.3, -0.25) is 23.8 Å². The van der Waals surface area contributed by atoms with Crippen LogP contribution in [0.3, 0.4) is 0 Å². The Hall–Kier alpha value is -1.82. The van der Waals surface area contributed by atoms with E-state index in [-0.39, 0.29) is 29.2 Å². The second-order valence-corrected chi connectivity index (χ2v) is 12.2. The number of amides is 1. The van der Waals surface area contributed by atoms with Gasteiger partial charge in [0.1, 0.15) is 0 Å². The molecule has 3 aliphatic heterocycles.